The summed E-state index contributed by atoms with van der Waals surface area (Å²) in [6, 6.07) is 9.99. The van der Waals surface area contributed by atoms with Gasteiger partial charge in [-0.3, -0.25) is 9.62 Å². The maximum absolute atomic E-state index is 12.1. The maximum atomic E-state index is 12.1. The lowest BCUT2D eigenvalue weighted by Crippen LogP contribution is -2.52. The molecule has 0 radical (unpaired) electrons. The fourth-order valence-corrected chi connectivity index (χ4v) is 6.66. The Morgan fingerprint density at radius 1 is 1.04 bits per heavy atom. The van der Waals surface area contributed by atoms with E-state index in [0.29, 0.717) is 35.8 Å². The Balaban J connectivity index is 1.36. The van der Waals surface area contributed by atoms with Crippen LogP contribution in [0.5, 0.6) is 11.5 Å². The standard InChI is InChI=1S/C31H43ClN8O4S/c1-5-21-18-25(28(43-3)19-26(21)40-14-10-22(11-15-40)39-16-12-33-13-17-39)36-31-34-20-23(32)30(37-31)35-24-8-7-9-27(44-6-2)29(24)38-45(4,41)42/h7-9,18-20,22,33,38H,5-6,10-17H2,1-4H3,(H2,34,35,36,37). The van der Waals surface area contributed by atoms with E-state index in [1.807, 2.05) is 6.92 Å². The number of aromatic nitrogens is 2. The van der Waals surface area contributed by atoms with Crippen molar-refractivity contribution < 1.29 is 17.9 Å². The van der Waals surface area contributed by atoms with Crippen molar-refractivity contribution in [1.29, 1.82) is 0 Å². The van der Waals surface area contributed by atoms with E-state index in [1.54, 1.807) is 25.3 Å². The fourth-order valence-electron chi connectivity index (χ4n) is 5.94. The summed E-state index contributed by atoms with van der Waals surface area (Å²) in [7, 11) is -1.94. The molecule has 45 heavy (non-hydrogen) atoms. The number of aryl methyl sites for hydroxylation is 1. The molecular weight excluding hydrogens is 616 g/mol. The third-order valence-electron chi connectivity index (χ3n) is 8.11. The van der Waals surface area contributed by atoms with Crippen LogP contribution in [0.1, 0.15) is 32.3 Å². The predicted octanol–water partition coefficient (Wildman–Crippen LogP) is 4.83. The van der Waals surface area contributed by atoms with Gasteiger partial charge in [0.2, 0.25) is 16.0 Å². The second kappa shape index (κ2) is 14.7. The van der Waals surface area contributed by atoms with Crippen molar-refractivity contribution in [1.82, 2.24) is 20.2 Å². The zero-order valence-electron chi connectivity index (χ0n) is 26.3. The number of rotatable bonds is 12. The number of nitrogens with one attached hydrogen (secondary N) is 4. The Morgan fingerprint density at radius 2 is 1.80 bits per heavy atom. The first kappa shape index (κ1) is 32.9. The molecule has 244 valence electrons. The van der Waals surface area contributed by atoms with Crippen molar-refractivity contribution in [2.45, 2.75) is 39.2 Å². The van der Waals surface area contributed by atoms with Gasteiger partial charge in [0.15, 0.2) is 5.82 Å². The van der Waals surface area contributed by atoms with E-state index < -0.39 is 10.0 Å². The van der Waals surface area contributed by atoms with E-state index in [-0.39, 0.29) is 16.5 Å². The molecule has 14 heteroatoms. The molecule has 2 aromatic carbocycles. The van der Waals surface area contributed by atoms with Gasteiger partial charge >= 0.3 is 0 Å². The van der Waals surface area contributed by atoms with Crippen molar-refractivity contribution in [2.75, 3.05) is 79.5 Å². The number of ether oxygens (including phenoxy) is 2. The number of benzene rings is 2. The molecule has 2 aliphatic heterocycles. The van der Waals surface area contributed by atoms with Gasteiger partial charge in [0.25, 0.3) is 0 Å². The van der Waals surface area contributed by atoms with Crippen LogP contribution in [0.15, 0.2) is 36.5 Å². The van der Waals surface area contributed by atoms with Gasteiger partial charge in [-0.25, -0.2) is 13.4 Å². The average molecular weight is 659 g/mol. The minimum absolute atomic E-state index is 0.257. The summed E-state index contributed by atoms with van der Waals surface area (Å²) in [5.74, 6) is 1.65. The fraction of sp³-hybridized carbons (Fsp3) is 0.484. The topological polar surface area (TPSA) is 133 Å². The number of halogens is 1. The zero-order valence-corrected chi connectivity index (χ0v) is 27.9. The lowest BCUT2D eigenvalue weighted by Gasteiger charge is -2.41. The predicted molar refractivity (Wildman–Crippen MR) is 182 cm³/mol. The second-order valence-corrected chi connectivity index (χ2v) is 13.3. The Morgan fingerprint density at radius 3 is 2.47 bits per heavy atom. The lowest BCUT2D eigenvalue weighted by atomic mass is 9.99. The molecule has 0 saturated carbocycles. The van der Waals surface area contributed by atoms with E-state index in [0.717, 1.165) is 70.5 Å². The Labute approximate surface area is 270 Å². The molecule has 1 aromatic heterocycles. The second-order valence-electron chi connectivity index (χ2n) is 11.2. The van der Waals surface area contributed by atoms with Crippen LogP contribution in [0.4, 0.5) is 34.5 Å². The van der Waals surface area contributed by atoms with Gasteiger partial charge in [-0.1, -0.05) is 24.6 Å². The van der Waals surface area contributed by atoms with Crippen molar-refractivity contribution in [3.8, 4) is 11.5 Å². The van der Waals surface area contributed by atoms with E-state index in [1.165, 1.54) is 17.4 Å². The van der Waals surface area contributed by atoms with Crippen LogP contribution in [0, 0.1) is 0 Å². The highest BCUT2D eigenvalue weighted by Gasteiger charge is 2.27. The van der Waals surface area contributed by atoms with Gasteiger partial charge in [0, 0.05) is 57.1 Å². The molecule has 12 nitrogen and oxygen atoms in total. The first-order valence-corrected chi connectivity index (χ1v) is 17.7. The number of piperidine rings is 1. The summed E-state index contributed by atoms with van der Waals surface area (Å²) >= 11 is 6.49. The van der Waals surface area contributed by atoms with Gasteiger partial charge < -0.3 is 30.3 Å². The van der Waals surface area contributed by atoms with Crippen molar-refractivity contribution in [2.24, 2.45) is 0 Å². The van der Waals surface area contributed by atoms with Gasteiger partial charge in [-0.2, -0.15) is 4.98 Å². The van der Waals surface area contributed by atoms with Crippen molar-refractivity contribution in [3.05, 3.63) is 47.1 Å². The largest absolute Gasteiger partial charge is 0.494 e. The molecular formula is C31H43ClN8O4S. The summed E-state index contributed by atoms with van der Waals surface area (Å²) < 4.78 is 38.3. The Kier molecular flexibility index (Phi) is 10.7. The van der Waals surface area contributed by atoms with Crippen LogP contribution in [0.3, 0.4) is 0 Å². The van der Waals surface area contributed by atoms with Crippen LogP contribution in [-0.4, -0.2) is 88.6 Å². The van der Waals surface area contributed by atoms with E-state index in [9.17, 15) is 8.42 Å². The smallest absolute Gasteiger partial charge is 0.230 e. The number of anilines is 6. The number of methoxy groups -OCH3 is 1. The normalized spacial score (nSPS) is 16.3. The van der Waals surface area contributed by atoms with Gasteiger partial charge in [0.1, 0.15) is 22.2 Å². The lowest BCUT2D eigenvalue weighted by molar-refractivity contribution is 0.150. The molecule has 4 N–H and O–H groups in total. The molecule has 0 amide bonds. The maximum Gasteiger partial charge on any atom is 0.230 e. The van der Waals surface area contributed by atoms with Gasteiger partial charge in [0.05, 0.1) is 37.5 Å². The molecule has 0 bridgehead atoms. The SMILES string of the molecule is CCOc1cccc(Nc2nc(Nc3cc(CC)c(N4CCC(N5CCNCC5)CC4)cc3OC)ncc2Cl)c1NS(C)(=O)=O. The molecule has 0 unspecified atom stereocenters. The monoisotopic (exact) mass is 658 g/mol. The molecule has 0 spiro atoms. The molecule has 3 heterocycles. The van der Waals surface area contributed by atoms with Gasteiger partial charge in [-0.05, 0) is 49.9 Å². The third-order valence-corrected chi connectivity index (χ3v) is 8.96. The molecule has 0 aliphatic carbocycles. The summed E-state index contributed by atoms with van der Waals surface area (Å²) in [5, 5.41) is 10.2. The highest BCUT2D eigenvalue weighted by atomic mass is 35.5. The Hall–Kier alpha value is -3.52. The summed E-state index contributed by atoms with van der Waals surface area (Å²) in [6.07, 6.45) is 5.72. The summed E-state index contributed by atoms with van der Waals surface area (Å²) in [5.41, 5.74) is 3.81. The number of para-hydroxylation sites is 1. The highest BCUT2D eigenvalue weighted by molar-refractivity contribution is 7.92. The van der Waals surface area contributed by atoms with Crippen LogP contribution in [0.2, 0.25) is 5.02 Å². The number of hydrogen-bond acceptors (Lipinski definition) is 11. The van der Waals surface area contributed by atoms with Crippen LogP contribution < -0.4 is 35.0 Å². The number of hydrogen-bond donors (Lipinski definition) is 4. The van der Waals surface area contributed by atoms with Crippen LogP contribution in [0.25, 0.3) is 0 Å². The van der Waals surface area contributed by atoms with E-state index in [2.05, 4.69) is 59.5 Å². The molecule has 5 rings (SSSR count). The number of nitrogens with zero attached hydrogens (tertiary/aromatic N) is 4. The van der Waals surface area contributed by atoms with Crippen LogP contribution >= 0.6 is 11.6 Å². The van der Waals surface area contributed by atoms with E-state index in [4.69, 9.17) is 21.1 Å². The highest BCUT2D eigenvalue weighted by Crippen LogP contribution is 2.39. The first-order chi connectivity index (χ1) is 21.7. The van der Waals surface area contributed by atoms with Crippen molar-refractivity contribution in [3.63, 3.8) is 0 Å². The van der Waals surface area contributed by atoms with Gasteiger partial charge in [-0.15, -0.1) is 0 Å². The zero-order chi connectivity index (χ0) is 32.0. The van der Waals surface area contributed by atoms with Crippen molar-refractivity contribution >= 4 is 56.1 Å². The van der Waals surface area contributed by atoms with Crippen LogP contribution in [-0.2, 0) is 16.4 Å². The minimum atomic E-state index is -3.60. The molecule has 2 fully saturated rings. The quantitative estimate of drug-likeness (QED) is 0.213. The minimum Gasteiger partial charge on any atom is -0.494 e. The number of sulfonamides is 1. The average Bonchev–Trinajstić information content (AvgIpc) is 3.04. The number of piperazine rings is 1. The molecule has 2 aliphatic rings. The molecule has 0 atom stereocenters. The summed E-state index contributed by atoms with van der Waals surface area (Å²) in [4.78, 5) is 14.1. The first-order valence-electron chi connectivity index (χ1n) is 15.4. The molecule has 2 saturated heterocycles. The Bertz CT molecular complexity index is 1580. The third kappa shape index (κ3) is 8.20. The van der Waals surface area contributed by atoms with E-state index >= 15 is 0 Å². The summed E-state index contributed by atoms with van der Waals surface area (Å²) in [6.45, 7) is 10.8. The molecule has 3 aromatic rings.